The van der Waals surface area contributed by atoms with E-state index in [-0.39, 0.29) is 11.5 Å². The highest BCUT2D eigenvalue weighted by atomic mass is 16.5. The molecule has 0 saturated heterocycles. The van der Waals surface area contributed by atoms with Crippen LogP contribution >= 0.6 is 0 Å². The van der Waals surface area contributed by atoms with Crippen molar-refractivity contribution in [2.45, 2.75) is 51.5 Å². The molecule has 4 nitrogen and oxygen atoms in total. The zero-order valence-corrected chi connectivity index (χ0v) is 11.0. The molecular weight excluding hydrogens is 216 g/mol. The smallest absolute Gasteiger partial charge is 0.160 e. The van der Waals surface area contributed by atoms with Gasteiger partial charge in [-0.1, -0.05) is 6.92 Å². The topological polar surface area (TPSA) is 44.1 Å². The highest BCUT2D eigenvalue weighted by Crippen LogP contribution is 2.43. The van der Waals surface area contributed by atoms with Crippen molar-refractivity contribution < 1.29 is 9.53 Å². The number of rotatable bonds is 3. The lowest BCUT2D eigenvalue weighted by molar-refractivity contribution is -0.117. The number of aromatic nitrogens is 2. The van der Waals surface area contributed by atoms with Gasteiger partial charge in [-0.25, -0.2) is 0 Å². The summed E-state index contributed by atoms with van der Waals surface area (Å²) in [6.45, 7) is 6.32. The summed E-state index contributed by atoms with van der Waals surface area (Å²) in [6.07, 6.45) is 3.91. The SMILES string of the molecule is COc1cnn(C(C)C)c1C1(C)CCC(=O)C1. The maximum Gasteiger partial charge on any atom is 0.160 e. The first-order chi connectivity index (χ1) is 7.98. The first-order valence-electron chi connectivity index (χ1n) is 6.11. The fourth-order valence-corrected chi connectivity index (χ4v) is 2.69. The third-order valence-electron chi connectivity index (χ3n) is 3.59. The van der Waals surface area contributed by atoms with Gasteiger partial charge in [-0.3, -0.25) is 9.48 Å². The van der Waals surface area contributed by atoms with Gasteiger partial charge in [0.2, 0.25) is 0 Å². The second kappa shape index (κ2) is 4.17. The number of ether oxygens (including phenoxy) is 1. The van der Waals surface area contributed by atoms with Crippen molar-refractivity contribution >= 4 is 5.78 Å². The second-order valence-electron chi connectivity index (χ2n) is 5.38. The molecule has 0 aliphatic heterocycles. The molecule has 1 atom stereocenters. The van der Waals surface area contributed by atoms with Gasteiger partial charge in [-0.05, 0) is 20.3 Å². The third kappa shape index (κ3) is 1.96. The Labute approximate surface area is 102 Å². The molecule has 0 spiro atoms. The molecular formula is C13H20N2O2. The molecule has 0 amide bonds. The summed E-state index contributed by atoms with van der Waals surface area (Å²) in [5.41, 5.74) is 0.948. The summed E-state index contributed by atoms with van der Waals surface area (Å²) in [7, 11) is 1.66. The predicted molar refractivity (Wildman–Crippen MR) is 65.4 cm³/mol. The third-order valence-corrected chi connectivity index (χ3v) is 3.59. The Balaban J connectivity index is 2.49. The molecule has 1 aliphatic rings. The molecule has 0 bridgehead atoms. The molecule has 4 heteroatoms. The molecule has 17 heavy (non-hydrogen) atoms. The van der Waals surface area contributed by atoms with E-state index in [4.69, 9.17) is 4.74 Å². The van der Waals surface area contributed by atoms with Gasteiger partial charge in [-0.2, -0.15) is 5.10 Å². The van der Waals surface area contributed by atoms with Crippen molar-refractivity contribution in [1.82, 2.24) is 9.78 Å². The zero-order chi connectivity index (χ0) is 12.6. The maximum atomic E-state index is 11.6. The Morgan fingerprint density at radius 2 is 2.24 bits per heavy atom. The number of carbonyl (C=O) groups excluding carboxylic acids is 1. The van der Waals surface area contributed by atoms with Crippen molar-refractivity contribution in [1.29, 1.82) is 0 Å². The summed E-state index contributed by atoms with van der Waals surface area (Å²) < 4.78 is 7.38. The van der Waals surface area contributed by atoms with E-state index in [1.165, 1.54) is 0 Å². The minimum absolute atomic E-state index is 0.122. The average molecular weight is 236 g/mol. The Bertz CT molecular complexity index is 437. The van der Waals surface area contributed by atoms with Crippen LogP contribution in [0.1, 0.15) is 51.8 Å². The number of hydrogen-bond donors (Lipinski definition) is 0. The number of ketones is 1. The zero-order valence-electron chi connectivity index (χ0n) is 11.0. The lowest BCUT2D eigenvalue weighted by Gasteiger charge is -2.26. The van der Waals surface area contributed by atoms with Gasteiger partial charge < -0.3 is 4.74 Å². The number of carbonyl (C=O) groups is 1. The summed E-state index contributed by atoms with van der Waals surface area (Å²) in [6, 6.07) is 0.279. The van der Waals surface area contributed by atoms with Crippen molar-refractivity contribution in [2.24, 2.45) is 0 Å². The molecule has 1 unspecified atom stereocenters. The largest absolute Gasteiger partial charge is 0.493 e. The van der Waals surface area contributed by atoms with E-state index in [2.05, 4.69) is 25.9 Å². The molecule has 1 aliphatic carbocycles. The molecule has 0 aromatic carbocycles. The standard InChI is InChI=1S/C13H20N2O2/c1-9(2)15-12(11(17-4)8-14-15)13(3)6-5-10(16)7-13/h8-9H,5-7H2,1-4H3. The lowest BCUT2D eigenvalue weighted by Crippen LogP contribution is -2.24. The number of methoxy groups -OCH3 is 1. The highest BCUT2D eigenvalue weighted by Gasteiger charge is 2.40. The highest BCUT2D eigenvalue weighted by molar-refractivity contribution is 5.82. The summed E-state index contributed by atoms with van der Waals surface area (Å²) in [5, 5.41) is 4.38. The van der Waals surface area contributed by atoms with Gasteiger partial charge in [0, 0.05) is 24.3 Å². The van der Waals surface area contributed by atoms with Crippen LogP contribution in [-0.4, -0.2) is 22.7 Å². The van der Waals surface area contributed by atoms with Crippen LogP contribution in [0, 0.1) is 0 Å². The van der Waals surface area contributed by atoms with Crippen LogP contribution in [-0.2, 0) is 10.2 Å². The molecule has 94 valence electrons. The quantitative estimate of drug-likeness (QED) is 0.809. The van der Waals surface area contributed by atoms with E-state index >= 15 is 0 Å². The fraction of sp³-hybridized carbons (Fsp3) is 0.692. The van der Waals surface area contributed by atoms with Crippen molar-refractivity contribution in [3.8, 4) is 5.75 Å². The molecule has 0 N–H and O–H groups in total. The fourth-order valence-electron chi connectivity index (χ4n) is 2.69. The van der Waals surface area contributed by atoms with Gasteiger partial charge >= 0.3 is 0 Å². The normalized spacial score (nSPS) is 24.6. The molecule has 1 heterocycles. The van der Waals surface area contributed by atoms with Gasteiger partial charge in [0.05, 0.1) is 19.0 Å². The predicted octanol–water partition coefficient (Wildman–Crippen LogP) is 2.48. The number of hydrogen-bond acceptors (Lipinski definition) is 3. The van der Waals surface area contributed by atoms with E-state index in [0.717, 1.165) is 17.9 Å². The Morgan fingerprint density at radius 3 is 2.71 bits per heavy atom. The Morgan fingerprint density at radius 1 is 1.53 bits per heavy atom. The van der Waals surface area contributed by atoms with Gasteiger partial charge in [-0.15, -0.1) is 0 Å². The molecule has 2 rings (SSSR count). The van der Waals surface area contributed by atoms with Crippen LogP contribution in [0.25, 0.3) is 0 Å². The van der Waals surface area contributed by atoms with Crippen LogP contribution in [0.15, 0.2) is 6.20 Å². The van der Waals surface area contributed by atoms with Crippen LogP contribution < -0.4 is 4.74 Å². The van der Waals surface area contributed by atoms with Crippen LogP contribution in [0.2, 0.25) is 0 Å². The van der Waals surface area contributed by atoms with Crippen LogP contribution in [0.5, 0.6) is 5.75 Å². The van der Waals surface area contributed by atoms with E-state index in [1.807, 2.05) is 4.68 Å². The van der Waals surface area contributed by atoms with Crippen molar-refractivity contribution in [2.75, 3.05) is 7.11 Å². The number of Topliss-reactive ketones (excluding diaryl/α,β-unsaturated/α-hetero) is 1. The van der Waals surface area contributed by atoms with Gasteiger partial charge in [0.1, 0.15) is 5.78 Å². The number of nitrogens with zero attached hydrogens (tertiary/aromatic N) is 2. The van der Waals surface area contributed by atoms with E-state index in [0.29, 0.717) is 18.6 Å². The van der Waals surface area contributed by atoms with Crippen molar-refractivity contribution in [3.63, 3.8) is 0 Å². The molecule has 1 aromatic rings. The van der Waals surface area contributed by atoms with Crippen molar-refractivity contribution in [3.05, 3.63) is 11.9 Å². The molecule has 1 fully saturated rings. The molecule has 0 radical (unpaired) electrons. The summed E-state index contributed by atoms with van der Waals surface area (Å²) in [4.78, 5) is 11.6. The summed E-state index contributed by atoms with van der Waals surface area (Å²) in [5.74, 6) is 1.14. The first-order valence-corrected chi connectivity index (χ1v) is 6.11. The first kappa shape index (κ1) is 12.1. The minimum atomic E-state index is -0.122. The maximum absolute atomic E-state index is 11.6. The monoisotopic (exact) mass is 236 g/mol. The Hall–Kier alpha value is -1.32. The van der Waals surface area contributed by atoms with Crippen LogP contribution in [0.4, 0.5) is 0 Å². The molecule has 1 aromatic heterocycles. The van der Waals surface area contributed by atoms with Crippen LogP contribution in [0.3, 0.4) is 0 Å². The summed E-state index contributed by atoms with van der Waals surface area (Å²) >= 11 is 0. The lowest BCUT2D eigenvalue weighted by atomic mass is 9.84. The average Bonchev–Trinajstić information content (AvgIpc) is 2.82. The van der Waals surface area contributed by atoms with E-state index < -0.39 is 0 Å². The van der Waals surface area contributed by atoms with Gasteiger partial charge in [0.25, 0.3) is 0 Å². The molecule has 1 saturated carbocycles. The van der Waals surface area contributed by atoms with E-state index in [9.17, 15) is 4.79 Å². The second-order valence-corrected chi connectivity index (χ2v) is 5.38. The van der Waals surface area contributed by atoms with Gasteiger partial charge in [0.15, 0.2) is 5.75 Å². The Kier molecular flexibility index (Phi) is 2.98. The minimum Gasteiger partial charge on any atom is -0.493 e. The van der Waals surface area contributed by atoms with E-state index in [1.54, 1.807) is 13.3 Å².